The number of likely N-dealkylation sites (N-methyl/N-ethyl adjacent to an activating group) is 1. The van der Waals surface area contributed by atoms with E-state index in [4.69, 9.17) is 4.74 Å². The Morgan fingerprint density at radius 1 is 1.38 bits per heavy atom. The Hall–Kier alpha value is -0.770. The monoisotopic (exact) mass is 190 g/mol. The second kappa shape index (κ2) is 11.2. The van der Waals surface area contributed by atoms with Crippen molar-refractivity contribution in [3.63, 3.8) is 0 Å². The second-order valence-corrected chi connectivity index (χ2v) is 2.47. The van der Waals surface area contributed by atoms with E-state index in [1.807, 2.05) is 39.8 Å². The summed E-state index contributed by atoms with van der Waals surface area (Å²) in [4.78, 5) is 12.6. The van der Waals surface area contributed by atoms with Gasteiger partial charge in [0.15, 0.2) is 0 Å². The predicted molar refractivity (Wildman–Crippen MR) is 54.9 cm³/mol. The molecule has 0 saturated heterocycles. The van der Waals surface area contributed by atoms with Gasteiger partial charge in [-0.05, 0) is 21.0 Å². The summed E-state index contributed by atoms with van der Waals surface area (Å²) in [6, 6.07) is 0. The highest BCUT2D eigenvalue weighted by Gasteiger charge is 1.97. The van der Waals surface area contributed by atoms with Gasteiger partial charge < -0.3 is 15.0 Å². The smallest absolute Gasteiger partial charge is 0.407 e. The summed E-state index contributed by atoms with van der Waals surface area (Å²) in [6.07, 6.45) is -0.339. The molecule has 0 aromatic carbocycles. The van der Waals surface area contributed by atoms with Crippen molar-refractivity contribution in [3.05, 3.63) is 0 Å². The molecule has 0 rings (SSSR count). The Labute approximate surface area is 81.2 Å². The lowest BCUT2D eigenvalue weighted by Gasteiger charge is -2.09. The van der Waals surface area contributed by atoms with Gasteiger partial charge in [0.25, 0.3) is 0 Å². The third kappa shape index (κ3) is 14.1. The van der Waals surface area contributed by atoms with Crippen LogP contribution in [0.5, 0.6) is 0 Å². The molecule has 4 heteroatoms. The van der Waals surface area contributed by atoms with Gasteiger partial charge in [-0.15, -0.1) is 0 Å². The maximum atomic E-state index is 10.7. The lowest BCUT2D eigenvalue weighted by Crippen LogP contribution is -2.27. The van der Waals surface area contributed by atoms with E-state index in [9.17, 15) is 4.79 Å². The number of amides is 1. The fourth-order valence-electron chi connectivity index (χ4n) is 0.516. The number of nitrogens with zero attached hydrogens (tertiary/aromatic N) is 1. The van der Waals surface area contributed by atoms with Crippen LogP contribution in [0.3, 0.4) is 0 Å². The molecule has 0 aliphatic rings. The first kappa shape index (κ1) is 14.7. The number of alkyl carbamates (subject to hydrolysis) is 1. The summed E-state index contributed by atoms with van der Waals surface area (Å²) in [5, 5.41) is 2.54. The van der Waals surface area contributed by atoms with Crippen LogP contribution in [0.1, 0.15) is 20.8 Å². The van der Waals surface area contributed by atoms with Gasteiger partial charge in [-0.25, -0.2) is 4.79 Å². The molecular formula is C9H22N2O2. The molecule has 80 valence electrons. The van der Waals surface area contributed by atoms with Crippen LogP contribution < -0.4 is 5.32 Å². The molecule has 1 amide bonds. The fraction of sp³-hybridized carbons (Fsp3) is 0.889. The van der Waals surface area contributed by atoms with Gasteiger partial charge in [0.1, 0.15) is 6.61 Å². The van der Waals surface area contributed by atoms with Gasteiger partial charge in [-0.2, -0.15) is 0 Å². The molecule has 0 saturated carbocycles. The number of rotatable bonds is 4. The van der Waals surface area contributed by atoms with E-state index < -0.39 is 0 Å². The minimum atomic E-state index is -0.339. The quantitative estimate of drug-likeness (QED) is 0.727. The van der Waals surface area contributed by atoms with Crippen LogP contribution in [-0.2, 0) is 4.74 Å². The van der Waals surface area contributed by atoms with E-state index in [0.29, 0.717) is 13.2 Å². The summed E-state index contributed by atoms with van der Waals surface area (Å²) < 4.78 is 4.80. The van der Waals surface area contributed by atoms with Crippen LogP contribution >= 0.6 is 0 Å². The molecule has 1 N–H and O–H groups in total. The summed E-state index contributed by atoms with van der Waals surface area (Å²) in [6.45, 7) is 7.67. The molecule has 0 aliphatic carbocycles. The zero-order chi connectivity index (χ0) is 10.7. The van der Waals surface area contributed by atoms with E-state index in [-0.39, 0.29) is 6.09 Å². The van der Waals surface area contributed by atoms with Crippen LogP contribution in [0.2, 0.25) is 0 Å². The molecular weight excluding hydrogens is 168 g/mol. The number of ether oxygens (including phenoxy) is 1. The van der Waals surface area contributed by atoms with Crippen molar-refractivity contribution in [1.29, 1.82) is 0 Å². The van der Waals surface area contributed by atoms with Gasteiger partial charge in [0, 0.05) is 13.1 Å². The molecule has 0 aromatic heterocycles. The van der Waals surface area contributed by atoms with Crippen LogP contribution in [0.25, 0.3) is 0 Å². The number of carbonyl (C=O) groups excluding carboxylic acids is 1. The minimum Gasteiger partial charge on any atom is -0.448 e. The summed E-state index contributed by atoms with van der Waals surface area (Å²) >= 11 is 0. The fourth-order valence-corrected chi connectivity index (χ4v) is 0.516. The van der Waals surface area contributed by atoms with E-state index in [0.717, 1.165) is 6.54 Å². The molecule has 0 radical (unpaired) electrons. The van der Waals surface area contributed by atoms with Crippen LogP contribution in [0, 0.1) is 0 Å². The highest BCUT2D eigenvalue weighted by Crippen LogP contribution is 1.79. The van der Waals surface area contributed by atoms with E-state index in [2.05, 4.69) is 5.32 Å². The van der Waals surface area contributed by atoms with Crippen molar-refractivity contribution >= 4 is 6.09 Å². The normalized spacial score (nSPS) is 8.77. The van der Waals surface area contributed by atoms with Crippen LogP contribution in [-0.4, -0.2) is 44.8 Å². The first-order valence-corrected chi connectivity index (χ1v) is 4.72. The van der Waals surface area contributed by atoms with E-state index >= 15 is 0 Å². The van der Waals surface area contributed by atoms with Crippen molar-refractivity contribution in [2.24, 2.45) is 0 Å². The Morgan fingerprint density at radius 2 is 1.92 bits per heavy atom. The lowest BCUT2D eigenvalue weighted by atomic mass is 10.6. The van der Waals surface area contributed by atoms with Crippen molar-refractivity contribution < 1.29 is 9.53 Å². The first-order valence-electron chi connectivity index (χ1n) is 4.72. The van der Waals surface area contributed by atoms with Gasteiger partial charge >= 0.3 is 6.09 Å². The Balaban J connectivity index is 0. The van der Waals surface area contributed by atoms with E-state index in [1.54, 1.807) is 0 Å². The van der Waals surface area contributed by atoms with Crippen molar-refractivity contribution in [2.45, 2.75) is 20.8 Å². The van der Waals surface area contributed by atoms with Crippen LogP contribution in [0.15, 0.2) is 0 Å². The summed E-state index contributed by atoms with van der Waals surface area (Å²) in [7, 11) is 3.86. The maximum absolute atomic E-state index is 10.7. The van der Waals surface area contributed by atoms with Crippen LogP contribution in [0.4, 0.5) is 4.79 Å². The molecule has 0 heterocycles. The molecule has 4 nitrogen and oxygen atoms in total. The Bertz CT molecular complexity index is 116. The zero-order valence-electron chi connectivity index (χ0n) is 9.39. The molecule has 0 spiro atoms. The third-order valence-corrected chi connectivity index (χ3v) is 1.09. The van der Waals surface area contributed by atoms with Gasteiger partial charge in [0.05, 0.1) is 0 Å². The van der Waals surface area contributed by atoms with Gasteiger partial charge in [0.2, 0.25) is 0 Å². The average Bonchev–Trinajstić information content (AvgIpc) is 2.08. The first-order chi connectivity index (χ1) is 6.16. The molecule has 0 atom stereocenters. The molecule has 0 unspecified atom stereocenters. The highest BCUT2D eigenvalue weighted by atomic mass is 16.5. The molecule has 13 heavy (non-hydrogen) atoms. The zero-order valence-corrected chi connectivity index (χ0v) is 9.39. The van der Waals surface area contributed by atoms with Crippen molar-refractivity contribution in [3.8, 4) is 0 Å². The Kier molecular flexibility index (Phi) is 12.7. The average molecular weight is 190 g/mol. The van der Waals surface area contributed by atoms with Gasteiger partial charge in [-0.3, -0.25) is 0 Å². The predicted octanol–water partition coefficient (Wildman–Crippen LogP) is 1.32. The molecule has 0 bridgehead atoms. The minimum absolute atomic E-state index is 0.339. The molecule has 0 aliphatic heterocycles. The standard InChI is InChI=1S/C7H16N2O2.C2H6/c1-4-8-7(10)11-6-5-9(2)3;1-2/h4-6H2,1-3H3,(H,8,10);1-2H3. The topological polar surface area (TPSA) is 41.6 Å². The summed E-state index contributed by atoms with van der Waals surface area (Å²) in [5.74, 6) is 0. The van der Waals surface area contributed by atoms with Crippen molar-refractivity contribution in [1.82, 2.24) is 10.2 Å². The summed E-state index contributed by atoms with van der Waals surface area (Å²) in [5.41, 5.74) is 0. The number of hydrogen-bond donors (Lipinski definition) is 1. The molecule has 0 aromatic rings. The molecule has 0 fully saturated rings. The number of carbonyl (C=O) groups is 1. The number of nitrogens with one attached hydrogen (secondary N) is 1. The SMILES string of the molecule is CC.CCNC(=O)OCCN(C)C. The second-order valence-electron chi connectivity index (χ2n) is 2.47. The van der Waals surface area contributed by atoms with Gasteiger partial charge in [-0.1, -0.05) is 13.8 Å². The highest BCUT2D eigenvalue weighted by molar-refractivity contribution is 5.66. The third-order valence-electron chi connectivity index (χ3n) is 1.09. The lowest BCUT2D eigenvalue weighted by molar-refractivity contribution is 0.137. The number of hydrogen-bond acceptors (Lipinski definition) is 3. The largest absolute Gasteiger partial charge is 0.448 e. The van der Waals surface area contributed by atoms with E-state index in [1.165, 1.54) is 0 Å². The maximum Gasteiger partial charge on any atom is 0.407 e. The Morgan fingerprint density at radius 3 is 2.31 bits per heavy atom. The van der Waals surface area contributed by atoms with Crippen molar-refractivity contribution in [2.75, 3.05) is 33.8 Å².